The minimum absolute atomic E-state index is 0.105. The van der Waals surface area contributed by atoms with Crippen molar-refractivity contribution in [1.82, 2.24) is 10.2 Å². The van der Waals surface area contributed by atoms with Crippen molar-refractivity contribution < 1.29 is 18.7 Å². The van der Waals surface area contributed by atoms with Crippen LogP contribution in [0.15, 0.2) is 42.5 Å². The summed E-state index contributed by atoms with van der Waals surface area (Å²) in [7, 11) is 5.04. The third kappa shape index (κ3) is 5.46. The Hall–Kier alpha value is -2.60. The van der Waals surface area contributed by atoms with Crippen molar-refractivity contribution in [2.24, 2.45) is 0 Å². The first-order valence-electron chi connectivity index (χ1n) is 8.37. The van der Waals surface area contributed by atoms with E-state index in [-0.39, 0.29) is 24.3 Å². The van der Waals surface area contributed by atoms with Crippen molar-refractivity contribution >= 4 is 5.91 Å². The molecule has 2 aromatic carbocycles. The Kier molecular flexibility index (Phi) is 6.97. The fraction of sp³-hybridized carbons (Fsp3) is 0.350. The highest BCUT2D eigenvalue weighted by Gasteiger charge is 2.16. The molecule has 0 aliphatic rings. The Morgan fingerprint density at radius 2 is 1.85 bits per heavy atom. The van der Waals surface area contributed by atoms with E-state index >= 15 is 0 Å². The molecule has 5 nitrogen and oxygen atoms in total. The molecular weight excluding hydrogens is 335 g/mol. The van der Waals surface area contributed by atoms with Crippen LogP contribution in [-0.2, 0) is 11.3 Å². The molecule has 0 bridgehead atoms. The molecule has 1 N–H and O–H groups in total. The van der Waals surface area contributed by atoms with E-state index in [1.165, 1.54) is 12.1 Å². The van der Waals surface area contributed by atoms with Crippen LogP contribution in [0.2, 0.25) is 0 Å². The molecule has 0 aliphatic carbocycles. The highest BCUT2D eigenvalue weighted by Crippen LogP contribution is 2.29. The molecule has 2 rings (SSSR count). The fourth-order valence-corrected chi connectivity index (χ4v) is 2.75. The molecule has 0 saturated carbocycles. The molecule has 0 aromatic heterocycles. The number of carbonyl (C=O) groups is 1. The van der Waals surface area contributed by atoms with Gasteiger partial charge in [-0.15, -0.1) is 0 Å². The summed E-state index contributed by atoms with van der Waals surface area (Å²) in [5.74, 6) is 1.02. The lowest BCUT2D eigenvalue weighted by atomic mass is 10.1. The predicted octanol–water partition coefficient (Wildman–Crippen LogP) is 3.15. The van der Waals surface area contributed by atoms with Crippen LogP contribution >= 0.6 is 0 Å². The number of amides is 1. The lowest BCUT2D eigenvalue weighted by molar-refractivity contribution is -0.122. The molecule has 6 heteroatoms. The van der Waals surface area contributed by atoms with Gasteiger partial charge in [0.15, 0.2) is 0 Å². The first-order chi connectivity index (χ1) is 12.4. The van der Waals surface area contributed by atoms with Gasteiger partial charge in [0.05, 0.1) is 26.8 Å². The molecular formula is C20H25FN2O3. The average molecular weight is 360 g/mol. The quantitative estimate of drug-likeness (QED) is 0.786. The topological polar surface area (TPSA) is 50.8 Å². The standard InChI is InChI=1S/C20H25FN2O3/c1-14(18-11-17(25-3)9-10-19(18)26-4)22-20(24)13-23(2)12-15-5-7-16(21)8-6-15/h5-11,14H,12-13H2,1-4H3,(H,22,24)/t14-/m1/s1. The number of hydrogen-bond acceptors (Lipinski definition) is 4. The lowest BCUT2D eigenvalue weighted by Gasteiger charge is -2.21. The Balaban J connectivity index is 1.95. The summed E-state index contributed by atoms with van der Waals surface area (Å²) in [5.41, 5.74) is 1.80. The third-order valence-corrected chi connectivity index (χ3v) is 4.06. The maximum absolute atomic E-state index is 13.0. The first-order valence-corrected chi connectivity index (χ1v) is 8.37. The number of nitrogens with zero attached hydrogens (tertiary/aromatic N) is 1. The van der Waals surface area contributed by atoms with E-state index in [9.17, 15) is 9.18 Å². The number of carbonyl (C=O) groups excluding carboxylic acids is 1. The summed E-state index contributed by atoms with van der Waals surface area (Å²) >= 11 is 0. The molecule has 0 fully saturated rings. The predicted molar refractivity (Wildman–Crippen MR) is 98.8 cm³/mol. The Labute approximate surface area is 153 Å². The molecule has 1 atom stereocenters. The van der Waals surface area contributed by atoms with Crippen molar-refractivity contribution in [3.63, 3.8) is 0 Å². The van der Waals surface area contributed by atoms with Crippen molar-refractivity contribution in [1.29, 1.82) is 0 Å². The van der Waals surface area contributed by atoms with E-state index in [1.807, 2.05) is 37.1 Å². The van der Waals surface area contributed by atoms with Gasteiger partial charge in [0.1, 0.15) is 17.3 Å². The SMILES string of the molecule is COc1ccc(OC)c([C@@H](C)NC(=O)CN(C)Cc2ccc(F)cc2)c1. The highest BCUT2D eigenvalue weighted by molar-refractivity contribution is 5.78. The summed E-state index contributed by atoms with van der Waals surface area (Å²) in [5, 5.41) is 2.97. The van der Waals surface area contributed by atoms with Crippen LogP contribution in [-0.4, -0.2) is 38.6 Å². The number of methoxy groups -OCH3 is 2. The molecule has 0 unspecified atom stereocenters. The molecule has 0 saturated heterocycles. The van der Waals surface area contributed by atoms with Crippen molar-refractivity contribution in [2.75, 3.05) is 27.8 Å². The van der Waals surface area contributed by atoms with Crippen molar-refractivity contribution in [3.8, 4) is 11.5 Å². The number of nitrogens with one attached hydrogen (secondary N) is 1. The van der Waals surface area contributed by atoms with Gasteiger partial charge in [-0.2, -0.15) is 0 Å². The number of benzene rings is 2. The van der Waals surface area contributed by atoms with Crippen LogP contribution in [0.3, 0.4) is 0 Å². The maximum Gasteiger partial charge on any atom is 0.234 e. The van der Waals surface area contributed by atoms with Gasteiger partial charge in [-0.3, -0.25) is 9.69 Å². The summed E-state index contributed by atoms with van der Waals surface area (Å²) < 4.78 is 23.6. The second-order valence-corrected chi connectivity index (χ2v) is 6.20. The molecule has 1 amide bonds. The molecule has 0 spiro atoms. The summed E-state index contributed by atoms with van der Waals surface area (Å²) in [4.78, 5) is 14.2. The van der Waals surface area contributed by atoms with Gasteiger partial charge in [-0.1, -0.05) is 12.1 Å². The molecule has 26 heavy (non-hydrogen) atoms. The second kappa shape index (κ2) is 9.20. The van der Waals surface area contributed by atoms with E-state index in [2.05, 4.69) is 5.32 Å². The monoisotopic (exact) mass is 360 g/mol. The zero-order valence-electron chi connectivity index (χ0n) is 15.6. The molecule has 2 aromatic rings. The third-order valence-electron chi connectivity index (χ3n) is 4.06. The number of likely N-dealkylation sites (N-methyl/N-ethyl adjacent to an activating group) is 1. The summed E-state index contributed by atoms with van der Waals surface area (Å²) in [6.45, 7) is 2.69. The Morgan fingerprint density at radius 1 is 1.15 bits per heavy atom. The molecule has 0 radical (unpaired) electrons. The van der Waals surface area contributed by atoms with E-state index < -0.39 is 0 Å². The van der Waals surface area contributed by atoms with Gasteiger partial charge in [-0.05, 0) is 49.9 Å². The smallest absolute Gasteiger partial charge is 0.234 e. The van der Waals surface area contributed by atoms with E-state index in [0.717, 1.165) is 11.1 Å². The normalized spacial score (nSPS) is 11.9. The Morgan fingerprint density at radius 3 is 2.46 bits per heavy atom. The summed E-state index contributed by atoms with van der Waals surface area (Å²) in [6.07, 6.45) is 0. The fourth-order valence-electron chi connectivity index (χ4n) is 2.75. The van der Waals surface area contributed by atoms with Crippen molar-refractivity contribution in [2.45, 2.75) is 19.5 Å². The zero-order chi connectivity index (χ0) is 19.1. The van der Waals surface area contributed by atoms with Crippen LogP contribution in [0.4, 0.5) is 4.39 Å². The number of halogens is 1. The van der Waals surface area contributed by atoms with Gasteiger partial charge in [-0.25, -0.2) is 4.39 Å². The first kappa shape index (κ1) is 19.7. The largest absolute Gasteiger partial charge is 0.497 e. The van der Waals surface area contributed by atoms with Gasteiger partial charge >= 0.3 is 0 Å². The second-order valence-electron chi connectivity index (χ2n) is 6.20. The minimum Gasteiger partial charge on any atom is -0.497 e. The van der Waals surface area contributed by atoms with Crippen LogP contribution in [0.1, 0.15) is 24.1 Å². The van der Waals surface area contributed by atoms with Crippen molar-refractivity contribution in [3.05, 3.63) is 59.4 Å². The minimum atomic E-state index is -0.268. The zero-order valence-corrected chi connectivity index (χ0v) is 15.6. The van der Waals surface area contributed by atoms with E-state index in [4.69, 9.17) is 9.47 Å². The molecule has 0 aliphatic heterocycles. The maximum atomic E-state index is 13.0. The highest BCUT2D eigenvalue weighted by atomic mass is 19.1. The van der Waals surface area contributed by atoms with Gasteiger partial charge in [0.25, 0.3) is 0 Å². The average Bonchev–Trinajstić information content (AvgIpc) is 2.62. The molecule has 0 heterocycles. The van der Waals surface area contributed by atoms with Crippen LogP contribution in [0.5, 0.6) is 11.5 Å². The van der Waals surface area contributed by atoms with Crippen LogP contribution < -0.4 is 14.8 Å². The van der Waals surface area contributed by atoms with Gasteiger partial charge < -0.3 is 14.8 Å². The van der Waals surface area contributed by atoms with E-state index in [0.29, 0.717) is 18.0 Å². The van der Waals surface area contributed by atoms with Crippen LogP contribution in [0, 0.1) is 5.82 Å². The van der Waals surface area contributed by atoms with Gasteiger partial charge in [0.2, 0.25) is 5.91 Å². The summed E-state index contributed by atoms with van der Waals surface area (Å²) in [6, 6.07) is 11.5. The number of ether oxygens (including phenoxy) is 2. The molecule has 140 valence electrons. The Bertz CT molecular complexity index is 734. The number of hydrogen-bond donors (Lipinski definition) is 1. The lowest BCUT2D eigenvalue weighted by Crippen LogP contribution is -2.36. The number of rotatable bonds is 8. The van der Waals surface area contributed by atoms with Gasteiger partial charge in [0, 0.05) is 12.1 Å². The van der Waals surface area contributed by atoms with E-state index in [1.54, 1.807) is 26.4 Å². The van der Waals surface area contributed by atoms with Crippen LogP contribution in [0.25, 0.3) is 0 Å².